The number of rotatable bonds is 5. The molecule has 6 heteroatoms. The fraction of sp³-hybridized carbons (Fsp3) is 0.353. The van der Waals surface area contributed by atoms with Gasteiger partial charge in [-0.05, 0) is 50.1 Å². The molecule has 5 nitrogen and oxygen atoms in total. The van der Waals surface area contributed by atoms with Gasteiger partial charge in [-0.3, -0.25) is 0 Å². The lowest BCUT2D eigenvalue weighted by molar-refractivity contribution is 0.0366. The first kappa shape index (κ1) is 17.0. The van der Waals surface area contributed by atoms with Crippen LogP contribution in [-0.2, 0) is 5.60 Å². The number of nitrogens with one attached hydrogen (secondary N) is 2. The summed E-state index contributed by atoms with van der Waals surface area (Å²) in [5.74, 6) is 0.0590. The van der Waals surface area contributed by atoms with Crippen LogP contribution >= 0.6 is 0 Å². The zero-order valence-electron chi connectivity index (χ0n) is 13.4. The van der Waals surface area contributed by atoms with E-state index in [1.54, 1.807) is 45.0 Å². The van der Waals surface area contributed by atoms with E-state index in [2.05, 4.69) is 10.6 Å². The summed E-state index contributed by atoms with van der Waals surface area (Å²) in [5, 5.41) is 15.5. The predicted molar refractivity (Wildman–Crippen MR) is 84.4 cm³/mol. The van der Waals surface area contributed by atoms with Crippen LogP contribution < -0.4 is 10.6 Å². The molecule has 2 rings (SSSR count). The molecule has 0 saturated heterocycles. The number of urea groups is 1. The van der Waals surface area contributed by atoms with Gasteiger partial charge in [-0.1, -0.05) is 12.1 Å². The molecule has 0 aliphatic rings. The maximum Gasteiger partial charge on any atom is 0.315 e. The molecule has 0 aliphatic heterocycles. The van der Waals surface area contributed by atoms with Gasteiger partial charge in [0.1, 0.15) is 17.2 Å². The minimum Gasteiger partial charge on any atom is -0.466 e. The van der Waals surface area contributed by atoms with Crippen LogP contribution in [0.15, 0.2) is 41.0 Å². The van der Waals surface area contributed by atoms with E-state index < -0.39 is 11.6 Å². The first-order chi connectivity index (χ1) is 10.8. The number of hydrogen-bond acceptors (Lipinski definition) is 3. The van der Waals surface area contributed by atoms with Gasteiger partial charge in [-0.15, -0.1) is 0 Å². The van der Waals surface area contributed by atoms with Crippen molar-refractivity contribution in [3.05, 3.63) is 59.3 Å². The number of aliphatic hydroxyl groups is 1. The molecule has 0 aliphatic carbocycles. The summed E-state index contributed by atoms with van der Waals surface area (Å²) in [6.45, 7) is 4.97. The molecular weight excluding hydrogens is 299 g/mol. The van der Waals surface area contributed by atoms with Crippen molar-refractivity contribution < 1.29 is 18.7 Å². The van der Waals surface area contributed by atoms with Gasteiger partial charge in [0.2, 0.25) is 0 Å². The Balaban J connectivity index is 1.90. The summed E-state index contributed by atoms with van der Waals surface area (Å²) in [6, 6.07) is 7.32. The summed E-state index contributed by atoms with van der Waals surface area (Å²) in [4.78, 5) is 11.9. The lowest BCUT2D eigenvalue weighted by Gasteiger charge is -2.22. The van der Waals surface area contributed by atoms with Crippen LogP contribution in [0.3, 0.4) is 0 Å². The fourth-order valence-corrected chi connectivity index (χ4v) is 2.13. The topological polar surface area (TPSA) is 74.5 Å². The molecule has 1 aromatic heterocycles. The van der Waals surface area contributed by atoms with Gasteiger partial charge in [0, 0.05) is 0 Å². The Morgan fingerprint density at radius 1 is 1.43 bits per heavy atom. The van der Waals surface area contributed by atoms with E-state index in [1.165, 1.54) is 12.3 Å². The van der Waals surface area contributed by atoms with Crippen molar-refractivity contribution in [1.29, 1.82) is 0 Å². The molecule has 3 N–H and O–H groups in total. The second-order valence-corrected chi connectivity index (χ2v) is 5.81. The van der Waals surface area contributed by atoms with Crippen LogP contribution in [0.1, 0.15) is 36.8 Å². The van der Waals surface area contributed by atoms with Crippen molar-refractivity contribution in [1.82, 2.24) is 10.6 Å². The molecule has 124 valence electrons. The largest absolute Gasteiger partial charge is 0.466 e. The molecular formula is C17H21FN2O3. The molecule has 0 saturated carbocycles. The van der Waals surface area contributed by atoms with E-state index in [4.69, 9.17) is 4.42 Å². The average molecular weight is 320 g/mol. The van der Waals surface area contributed by atoms with Crippen LogP contribution in [0.5, 0.6) is 0 Å². The Hall–Kier alpha value is -2.34. The average Bonchev–Trinajstić information content (AvgIpc) is 3.03. The Labute approximate surface area is 134 Å². The number of aryl methyl sites for hydroxylation is 1. The number of hydrogen-bond donors (Lipinski definition) is 3. The van der Waals surface area contributed by atoms with Crippen molar-refractivity contribution in [2.75, 3.05) is 6.54 Å². The lowest BCUT2D eigenvalue weighted by Crippen LogP contribution is -2.44. The monoisotopic (exact) mass is 320 g/mol. The smallest absolute Gasteiger partial charge is 0.315 e. The van der Waals surface area contributed by atoms with Crippen LogP contribution in [0.4, 0.5) is 9.18 Å². The second kappa shape index (κ2) is 6.83. The molecule has 1 heterocycles. The van der Waals surface area contributed by atoms with Gasteiger partial charge < -0.3 is 20.2 Å². The fourth-order valence-electron chi connectivity index (χ4n) is 2.13. The molecule has 0 spiro atoms. The Bertz CT molecular complexity index is 668. The van der Waals surface area contributed by atoms with Gasteiger partial charge >= 0.3 is 6.03 Å². The summed E-state index contributed by atoms with van der Waals surface area (Å²) in [5.41, 5.74) is -0.0824. The molecule has 2 amide bonds. The third-order valence-corrected chi connectivity index (χ3v) is 3.69. The minimum absolute atomic E-state index is 0.0126. The van der Waals surface area contributed by atoms with Crippen LogP contribution in [-0.4, -0.2) is 17.7 Å². The first-order valence-electron chi connectivity index (χ1n) is 7.36. The quantitative estimate of drug-likeness (QED) is 0.793. The molecule has 2 atom stereocenters. The Kier molecular flexibility index (Phi) is 5.05. The van der Waals surface area contributed by atoms with Gasteiger partial charge in [0.15, 0.2) is 0 Å². The SMILES string of the molecule is Cc1ccc([C@H](C)NC(=O)NC[C@@](C)(O)c2ccco2)cc1F. The first-order valence-corrected chi connectivity index (χ1v) is 7.36. The zero-order chi connectivity index (χ0) is 17.0. The van der Waals surface area contributed by atoms with E-state index >= 15 is 0 Å². The summed E-state index contributed by atoms with van der Waals surface area (Å²) in [6.07, 6.45) is 1.46. The maximum atomic E-state index is 13.6. The van der Waals surface area contributed by atoms with Gasteiger partial charge in [-0.25, -0.2) is 9.18 Å². The van der Waals surface area contributed by atoms with Crippen molar-refractivity contribution in [2.45, 2.75) is 32.4 Å². The molecule has 23 heavy (non-hydrogen) atoms. The Morgan fingerprint density at radius 3 is 2.78 bits per heavy atom. The van der Waals surface area contributed by atoms with Crippen molar-refractivity contribution in [2.24, 2.45) is 0 Å². The van der Waals surface area contributed by atoms with Crippen LogP contribution in [0, 0.1) is 12.7 Å². The van der Waals surface area contributed by atoms with E-state index in [0.29, 0.717) is 16.9 Å². The van der Waals surface area contributed by atoms with E-state index in [0.717, 1.165) is 0 Å². The molecule has 0 unspecified atom stereocenters. The highest BCUT2D eigenvalue weighted by Gasteiger charge is 2.27. The van der Waals surface area contributed by atoms with Gasteiger partial charge in [-0.2, -0.15) is 0 Å². The highest BCUT2D eigenvalue weighted by molar-refractivity contribution is 5.74. The van der Waals surface area contributed by atoms with Crippen molar-refractivity contribution in [3.8, 4) is 0 Å². The number of amides is 2. The van der Waals surface area contributed by atoms with E-state index in [9.17, 15) is 14.3 Å². The Morgan fingerprint density at radius 2 is 2.17 bits per heavy atom. The molecule has 0 bridgehead atoms. The highest BCUT2D eigenvalue weighted by Crippen LogP contribution is 2.20. The molecule has 2 aromatic rings. The number of furan rings is 1. The summed E-state index contributed by atoms with van der Waals surface area (Å²) >= 11 is 0. The van der Waals surface area contributed by atoms with Gasteiger partial charge in [0.05, 0.1) is 18.8 Å². The van der Waals surface area contributed by atoms with E-state index in [-0.39, 0.29) is 18.4 Å². The third kappa shape index (κ3) is 4.32. The van der Waals surface area contributed by atoms with Crippen molar-refractivity contribution >= 4 is 6.03 Å². The zero-order valence-corrected chi connectivity index (χ0v) is 13.4. The van der Waals surface area contributed by atoms with Crippen LogP contribution in [0.25, 0.3) is 0 Å². The number of carbonyl (C=O) groups excluding carboxylic acids is 1. The molecule has 1 aromatic carbocycles. The van der Waals surface area contributed by atoms with Gasteiger partial charge in [0.25, 0.3) is 0 Å². The molecule has 0 radical (unpaired) electrons. The second-order valence-electron chi connectivity index (χ2n) is 5.81. The van der Waals surface area contributed by atoms with Crippen molar-refractivity contribution in [3.63, 3.8) is 0 Å². The predicted octanol–water partition coefficient (Wildman–Crippen LogP) is 3.00. The molecule has 0 fully saturated rings. The van der Waals surface area contributed by atoms with Crippen LogP contribution in [0.2, 0.25) is 0 Å². The number of benzene rings is 1. The number of carbonyl (C=O) groups is 1. The van der Waals surface area contributed by atoms with E-state index in [1.807, 2.05) is 0 Å². The highest BCUT2D eigenvalue weighted by atomic mass is 19.1. The minimum atomic E-state index is -1.31. The third-order valence-electron chi connectivity index (χ3n) is 3.69. The summed E-state index contributed by atoms with van der Waals surface area (Å²) < 4.78 is 18.7. The number of halogens is 1. The summed E-state index contributed by atoms with van der Waals surface area (Å²) in [7, 11) is 0. The normalized spacial score (nSPS) is 14.8. The standard InChI is InChI=1S/C17H21FN2O3/c1-11-6-7-13(9-14(11)18)12(2)20-16(21)19-10-17(3,22)15-5-4-8-23-15/h4-9,12,22H,10H2,1-3H3,(H2,19,20,21)/t12-,17+/m0/s1. The lowest BCUT2D eigenvalue weighted by atomic mass is 10.0. The maximum absolute atomic E-state index is 13.6.